The van der Waals surface area contributed by atoms with Crippen LogP contribution >= 0.6 is 0 Å². The molecule has 0 aliphatic carbocycles. The summed E-state index contributed by atoms with van der Waals surface area (Å²) in [6.07, 6.45) is 3.32. The summed E-state index contributed by atoms with van der Waals surface area (Å²) in [5, 5.41) is 3.06. The first-order valence-electron chi connectivity index (χ1n) is 12.1. The number of aryl methyl sites for hydroxylation is 1. The Hall–Kier alpha value is -3.35. The van der Waals surface area contributed by atoms with Gasteiger partial charge in [0.05, 0.1) is 7.11 Å². The average molecular weight is 464 g/mol. The van der Waals surface area contributed by atoms with Gasteiger partial charge < -0.3 is 19.9 Å². The van der Waals surface area contributed by atoms with Crippen molar-refractivity contribution in [3.8, 4) is 5.75 Å². The minimum atomic E-state index is -0.584. The Labute approximate surface area is 201 Å². The molecule has 2 aromatic carbocycles. The molecule has 0 radical (unpaired) electrons. The van der Waals surface area contributed by atoms with E-state index >= 15 is 0 Å². The van der Waals surface area contributed by atoms with Crippen molar-refractivity contribution in [3.63, 3.8) is 0 Å². The van der Waals surface area contributed by atoms with Crippen LogP contribution < -0.4 is 10.1 Å². The van der Waals surface area contributed by atoms with Crippen LogP contribution in [0.3, 0.4) is 0 Å². The first-order valence-corrected chi connectivity index (χ1v) is 12.1. The minimum absolute atomic E-state index is 0.00277. The Morgan fingerprint density at radius 1 is 0.941 bits per heavy atom. The number of amides is 3. The standard InChI is InChI=1S/C27H33N3O4/c1-19-8-3-4-11-23(19)25(31)28-24(27(33)29-14-5-6-15-29)20-12-16-30(17-13-20)26(32)21-9-7-10-22(18-21)34-2/h3-4,7-11,18,20,24H,5-6,12-17H2,1-2H3,(H,28,31)/t24-/m1/s1. The number of nitrogens with one attached hydrogen (secondary N) is 1. The molecule has 2 aliphatic heterocycles. The van der Waals surface area contributed by atoms with E-state index in [1.54, 1.807) is 25.3 Å². The van der Waals surface area contributed by atoms with Crippen molar-refractivity contribution in [3.05, 3.63) is 65.2 Å². The van der Waals surface area contributed by atoms with Gasteiger partial charge in [0.1, 0.15) is 11.8 Å². The van der Waals surface area contributed by atoms with Crippen LogP contribution in [0, 0.1) is 12.8 Å². The number of carbonyl (C=O) groups excluding carboxylic acids is 3. The summed E-state index contributed by atoms with van der Waals surface area (Å²) in [4.78, 5) is 43.2. The maximum absolute atomic E-state index is 13.4. The first kappa shape index (κ1) is 23.8. The van der Waals surface area contributed by atoms with E-state index in [1.807, 2.05) is 47.1 Å². The van der Waals surface area contributed by atoms with Crippen LogP contribution in [0.4, 0.5) is 0 Å². The van der Waals surface area contributed by atoms with Gasteiger partial charge >= 0.3 is 0 Å². The van der Waals surface area contributed by atoms with E-state index in [1.165, 1.54) is 0 Å². The van der Waals surface area contributed by atoms with Gasteiger partial charge in [0.15, 0.2) is 0 Å². The van der Waals surface area contributed by atoms with E-state index < -0.39 is 6.04 Å². The van der Waals surface area contributed by atoms with Crippen LogP contribution in [0.5, 0.6) is 5.75 Å². The van der Waals surface area contributed by atoms with Crippen molar-refractivity contribution in [2.24, 2.45) is 5.92 Å². The zero-order valence-corrected chi connectivity index (χ0v) is 20.0. The van der Waals surface area contributed by atoms with Crippen LogP contribution in [-0.4, -0.2) is 66.9 Å². The van der Waals surface area contributed by atoms with Crippen LogP contribution in [0.1, 0.15) is 52.0 Å². The molecule has 3 amide bonds. The number of nitrogens with zero attached hydrogens (tertiary/aromatic N) is 2. The van der Waals surface area contributed by atoms with E-state index in [0.717, 1.165) is 31.5 Å². The van der Waals surface area contributed by atoms with Gasteiger partial charge in [0, 0.05) is 37.3 Å². The predicted molar refractivity (Wildman–Crippen MR) is 130 cm³/mol. The van der Waals surface area contributed by atoms with Crippen molar-refractivity contribution in [2.45, 2.75) is 38.6 Å². The van der Waals surface area contributed by atoms with E-state index in [4.69, 9.17) is 4.74 Å². The second-order valence-corrected chi connectivity index (χ2v) is 9.16. The molecule has 1 atom stereocenters. The van der Waals surface area contributed by atoms with Gasteiger partial charge in [0.25, 0.3) is 11.8 Å². The van der Waals surface area contributed by atoms with Gasteiger partial charge in [-0.25, -0.2) is 0 Å². The molecule has 2 saturated heterocycles. The van der Waals surface area contributed by atoms with Crippen molar-refractivity contribution in [2.75, 3.05) is 33.3 Å². The van der Waals surface area contributed by atoms with E-state index in [0.29, 0.717) is 42.8 Å². The van der Waals surface area contributed by atoms with Gasteiger partial charge in [-0.05, 0) is 68.4 Å². The molecule has 2 aliphatic rings. The topological polar surface area (TPSA) is 79.0 Å². The molecule has 180 valence electrons. The zero-order chi connectivity index (χ0) is 24.1. The summed E-state index contributed by atoms with van der Waals surface area (Å²) < 4.78 is 5.24. The normalized spacial score (nSPS) is 17.4. The predicted octanol–water partition coefficient (Wildman–Crippen LogP) is 3.28. The lowest BCUT2D eigenvalue weighted by molar-refractivity contribution is -0.134. The highest BCUT2D eigenvalue weighted by atomic mass is 16.5. The maximum atomic E-state index is 13.4. The molecular weight excluding hydrogens is 430 g/mol. The van der Waals surface area contributed by atoms with Gasteiger partial charge in [0.2, 0.25) is 5.91 Å². The summed E-state index contributed by atoms with van der Waals surface area (Å²) in [6, 6.07) is 14.0. The fourth-order valence-corrected chi connectivity index (χ4v) is 4.94. The molecule has 2 aromatic rings. The van der Waals surface area contributed by atoms with Crippen LogP contribution in [-0.2, 0) is 4.79 Å². The fourth-order valence-electron chi connectivity index (χ4n) is 4.94. The van der Waals surface area contributed by atoms with Crippen molar-refractivity contribution >= 4 is 17.7 Å². The fraction of sp³-hybridized carbons (Fsp3) is 0.444. The molecular formula is C27H33N3O4. The third kappa shape index (κ3) is 5.24. The average Bonchev–Trinajstić information content (AvgIpc) is 3.42. The van der Waals surface area contributed by atoms with E-state index in [-0.39, 0.29) is 23.6 Å². The number of benzene rings is 2. The Bertz CT molecular complexity index is 1040. The van der Waals surface area contributed by atoms with Crippen molar-refractivity contribution < 1.29 is 19.1 Å². The Morgan fingerprint density at radius 2 is 1.65 bits per heavy atom. The molecule has 2 heterocycles. The monoisotopic (exact) mass is 463 g/mol. The second-order valence-electron chi connectivity index (χ2n) is 9.16. The number of hydrogen-bond acceptors (Lipinski definition) is 4. The lowest BCUT2D eigenvalue weighted by Gasteiger charge is -2.37. The highest BCUT2D eigenvalue weighted by Crippen LogP contribution is 2.26. The maximum Gasteiger partial charge on any atom is 0.253 e. The summed E-state index contributed by atoms with van der Waals surface area (Å²) in [5.74, 6) is 0.373. The Morgan fingerprint density at radius 3 is 2.32 bits per heavy atom. The second kappa shape index (κ2) is 10.7. The smallest absolute Gasteiger partial charge is 0.253 e. The number of methoxy groups -OCH3 is 1. The van der Waals surface area contributed by atoms with Crippen LogP contribution in [0.25, 0.3) is 0 Å². The lowest BCUT2D eigenvalue weighted by atomic mass is 9.87. The Kier molecular flexibility index (Phi) is 7.50. The number of ether oxygens (including phenoxy) is 1. The summed E-state index contributed by atoms with van der Waals surface area (Å²) in [6.45, 7) is 4.47. The largest absolute Gasteiger partial charge is 0.497 e. The van der Waals surface area contributed by atoms with Gasteiger partial charge in [-0.3, -0.25) is 14.4 Å². The summed E-state index contributed by atoms with van der Waals surface area (Å²) >= 11 is 0. The number of likely N-dealkylation sites (tertiary alicyclic amines) is 2. The molecule has 0 bridgehead atoms. The number of hydrogen-bond donors (Lipinski definition) is 1. The van der Waals surface area contributed by atoms with E-state index in [2.05, 4.69) is 5.32 Å². The molecule has 0 unspecified atom stereocenters. The Balaban J connectivity index is 1.46. The van der Waals surface area contributed by atoms with Crippen LogP contribution in [0.15, 0.2) is 48.5 Å². The molecule has 7 nitrogen and oxygen atoms in total. The van der Waals surface area contributed by atoms with Gasteiger partial charge in [-0.2, -0.15) is 0 Å². The molecule has 0 aromatic heterocycles. The number of rotatable bonds is 6. The molecule has 0 spiro atoms. The zero-order valence-electron chi connectivity index (χ0n) is 20.0. The number of piperidine rings is 1. The van der Waals surface area contributed by atoms with Crippen LogP contribution in [0.2, 0.25) is 0 Å². The third-order valence-corrected chi connectivity index (χ3v) is 6.97. The quantitative estimate of drug-likeness (QED) is 0.713. The van der Waals surface area contributed by atoms with Crippen molar-refractivity contribution in [1.29, 1.82) is 0 Å². The first-order chi connectivity index (χ1) is 16.5. The minimum Gasteiger partial charge on any atom is -0.497 e. The summed E-state index contributed by atoms with van der Waals surface area (Å²) in [5.41, 5.74) is 2.06. The third-order valence-electron chi connectivity index (χ3n) is 6.97. The SMILES string of the molecule is COc1cccc(C(=O)N2CCC([C@@H](NC(=O)c3ccccc3C)C(=O)N3CCCC3)CC2)c1. The number of carbonyl (C=O) groups is 3. The molecule has 4 rings (SSSR count). The van der Waals surface area contributed by atoms with Gasteiger partial charge in [-0.15, -0.1) is 0 Å². The molecule has 0 saturated carbocycles. The lowest BCUT2D eigenvalue weighted by Crippen LogP contribution is -2.54. The summed E-state index contributed by atoms with van der Waals surface area (Å²) in [7, 11) is 1.58. The molecule has 7 heteroatoms. The molecule has 1 N–H and O–H groups in total. The highest BCUT2D eigenvalue weighted by Gasteiger charge is 2.37. The highest BCUT2D eigenvalue weighted by molar-refractivity contribution is 5.99. The van der Waals surface area contributed by atoms with Crippen molar-refractivity contribution in [1.82, 2.24) is 15.1 Å². The van der Waals surface area contributed by atoms with E-state index in [9.17, 15) is 14.4 Å². The molecule has 2 fully saturated rings. The molecule has 34 heavy (non-hydrogen) atoms. The van der Waals surface area contributed by atoms with Gasteiger partial charge in [-0.1, -0.05) is 24.3 Å².